The lowest BCUT2D eigenvalue weighted by molar-refractivity contribution is -0.132. The van der Waals surface area contributed by atoms with Crippen molar-refractivity contribution in [1.82, 2.24) is 4.90 Å². The molecule has 0 atom stereocenters. The largest absolute Gasteiger partial charge is 0.343 e. The van der Waals surface area contributed by atoms with Gasteiger partial charge in [-0.1, -0.05) is 13.0 Å². The first kappa shape index (κ1) is 18.6. The molecule has 5 nitrogen and oxygen atoms in total. The van der Waals surface area contributed by atoms with Gasteiger partial charge in [0.25, 0.3) is 0 Å². The van der Waals surface area contributed by atoms with Crippen molar-refractivity contribution in [2.75, 3.05) is 30.2 Å². The molecule has 0 N–H and O–H groups in total. The van der Waals surface area contributed by atoms with Crippen LogP contribution in [0.5, 0.6) is 0 Å². The Kier molecular flexibility index (Phi) is 5.79. The van der Waals surface area contributed by atoms with Crippen molar-refractivity contribution >= 4 is 21.6 Å². The summed E-state index contributed by atoms with van der Waals surface area (Å²) in [5.41, 5.74) is -0.639. The molecule has 1 saturated heterocycles. The van der Waals surface area contributed by atoms with Gasteiger partial charge in [0, 0.05) is 26.1 Å². The second kappa shape index (κ2) is 7.46. The van der Waals surface area contributed by atoms with E-state index in [0.717, 1.165) is 37.3 Å². The number of hydrogen-bond donors (Lipinski definition) is 0. The highest BCUT2D eigenvalue weighted by molar-refractivity contribution is 7.92. The van der Waals surface area contributed by atoms with Gasteiger partial charge < -0.3 is 4.90 Å². The van der Waals surface area contributed by atoms with E-state index in [0.29, 0.717) is 23.3 Å². The number of carbonyl (C=O) groups excluding carboxylic acids is 1. The second-order valence-electron chi connectivity index (χ2n) is 6.22. The molecule has 2 rings (SSSR count). The second-order valence-corrected chi connectivity index (χ2v) is 8.13. The molecular formula is C16H22F2N2O3S. The number of carbonyl (C=O) groups is 1. The van der Waals surface area contributed by atoms with Crippen LogP contribution in [-0.4, -0.2) is 45.1 Å². The van der Waals surface area contributed by atoms with E-state index in [1.165, 1.54) is 0 Å². The minimum atomic E-state index is -3.92. The lowest BCUT2D eigenvalue weighted by Gasteiger charge is -2.31. The molecule has 1 aromatic carbocycles. The van der Waals surface area contributed by atoms with Gasteiger partial charge in [0.05, 0.1) is 6.26 Å². The van der Waals surface area contributed by atoms with Crippen molar-refractivity contribution in [3.8, 4) is 0 Å². The molecule has 1 fully saturated rings. The van der Waals surface area contributed by atoms with Crippen LogP contribution in [0.4, 0.5) is 14.5 Å². The first-order valence-corrected chi connectivity index (χ1v) is 9.74. The molecule has 1 aromatic rings. The fourth-order valence-electron chi connectivity index (χ4n) is 2.78. The zero-order valence-electron chi connectivity index (χ0n) is 13.8. The molecule has 1 heterocycles. The Labute approximate surface area is 141 Å². The smallest absolute Gasteiger partial charge is 0.232 e. The van der Waals surface area contributed by atoms with E-state index >= 15 is 0 Å². The van der Waals surface area contributed by atoms with E-state index in [4.69, 9.17) is 0 Å². The first-order valence-electron chi connectivity index (χ1n) is 7.89. The van der Waals surface area contributed by atoms with Crippen molar-refractivity contribution < 1.29 is 22.0 Å². The minimum absolute atomic E-state index is 0.116. The Morgan fingerprint density at radius 2 is 1.79 bits per heavy atom. The number of nitrogens with zero attached hydrogens (tertiary/aromatic N) is 2. The normalized spacial score (nSPS) is 16.2. The van der Waals surface area contributed by atoms with Crippen LogP contribution in [0.25, 0.3) is 0 Å². The van der Waals surface area contributed by atoms with Gasteiger partial charge in [-0.25, -0.2) is 17.2 Å². The summed E-state index contributed by atoms with van der Waals surface area (Å²) in [6.45, 7) is 3.09. The van der Waals surface area contributed by atoms with E-state index in [1.54, 1.807) is 4.90 Å². The lowest BCUT2D eigenvalue weighted by Crippen LogP contribution is -2.40. The van der Waals surface area contributed by atoms with Crippen molar-refractivity contribution in [3.05, 3.63) is 29.8 Å². The Morgan fingerprint density at radius 1 is 1.25 bits per heavy atom. The number of halogens is 2. The number of likely N-dealkylation sites (tertiary alicyclic amines) is 1. The summed E-state index contributed by atoms with van der Waals surface area (Å²) in [5, 5.41) is 0. The molecule has 8 heteroatoms. The maximum atomic E-state index is 13.9. The summed E-state index contributed by atoms with van der Waals surface area (Å²) in [5.74, 6) is -1.58. The predicted molar refractivity (Wildman–Crippen MR) is 88.1 cm³/mol. The van der Waals surface area contributed by atoms with Gasteiger partial charge in [-0.3, -0.25) is 9.10 Å². The number of amides is 1. The number of anilines is 1. The molecule has 24 heavy (non-hydrogen) atoms. The summed E-state index contributed by atoms with van der Waals surface area (Å²) < 4.78 is 52.3. The third kappa shape index (κ3) is 4.43. The number of sulfonamides is 1. The molecule has 0 bridgehead atoms. The van der Waals surface area contributed by atoms with Gasteiger partial charge in [-0.15, -0.1) is 0 Å². The SMILES string of the molecule is CC1CCN(C(=O)CCN(c2c(F)cccc2F)S(C)(=O)=O)CC1. The molecule has 1 amide bonds. The highest BCUT2D eigenvalue weighted by atomic mass is 32.2. The summed E-state index contributed by atoms with van der Waals surface area (Å²) in [6.07, 6.45) is 2.56. The van der Waals surface area contributed by atoms with Gasteiger partial charge in [0.1, 0.15) is 5.69 Å². The van der Waals surface area contributed by atoms with Gasteiger partial charge in [0.2, 0.25) is 15.9 Å². The van der Waals surface area contributed by atoms with E-state index in [1.807, 2.05) is 0 Å². The maximum absolute atomic E-state index is 13.9. The van der Waals surface area contributed by atoms with Gasteiger partial charge in [-0.05, 0) is 30.9 Å². The molecule has 1 aliphatic heterocycles. The Morgan fingerprint density at radius 3 is 2.29 bits per heavy atom. The van der Waals surface area contributed by atoms with Crippen LogP contribution in [-0.2, 0) is 14.8 Å². The van der Waals surface area contributed by atoms with Crippen LogP contribution in [0.1, 0.15) is 26.2 Å². The molecule has 0 aliphatic carbocycles. The van der Waals surface area contributed by atoms with Crippen molar-refractivity contribution in [1.29, 1.82) is 0 Å². The Bertz CT molecular complexity index is 681. The number of benzene rings is 1. The third-order valence-electron chi connectivity index (χ3n) is 4.25. The van der Waals surface area contributed by atoms with Crippen LogP contribution in [0.3, 0.4) is 0 Å². The molecule has 0 aromatic heterocycles. The van der Waals surface area contributed by atoms with E-state index < -0.39 is 27.3 Å². The van der Waals surface area contributed by atoms with Crippen LogP contribution < -0.4 is 4.31 Å². The van der Waals surface area contributed by atoms with Crippen LogP contribution in [0.15, 0.2) is 18.2 Å². The minimum Gasteiger partial charge on any atom is -0.343 e. The topological polar surface area (TPSA) is 57.7 Å². The highest BCUT2D eigenvalue weighted by Crippen LogP contribution is 2.26. The molecule has 0 radical (unpaired) electrons. The molecule has 0 spiro atoms. The molecule has 0 saturated carbocycles. The first-order chi connectivity index (χ1) is 11.2. The zero-order valence-corrected chi connectivity index (χ0v) is 14.7. The number of hydrogen-bond acceptors (Lipinski definition) is 3. The fraction of sp³-hybridized carbons (Fsp3) is 0.562. The van der Waals surface area contributed by atoms with E-state index in [-0.39, 0.29) is 18.9 Å². The molecule has 1 aliphatic rings. The Balaban J connectivity index is 2.12. The average molecular weight is 360 g/mol. The fourth-order valence-corrected chi connectivity index (χ4v) is 3.71. The number of piperidine rings is 1. The standard InChI is InChI=1S/C16H22F2N2O3S/c1-12-6-9-19(10-7-12)15(21)8-11-20(24(2,22)23)16-13(17)4-3-5-14(16)18/h3-5,12H,6-11H2,1-2H3. The van der Waals surface area contributed by atoms with Crippen LogP contribution in [0.2, 0.25) is 0 Å². The molecule has 0 unspecified atom stereocenters. The van der Waals surface area contributed by atoms with Crippen molar-refractivity contribution in [2.45, 2.75) is 26.2 Å². The van der Waals surface area contributed by atoms with Gasteiger partial charge in [0.15, 0.2) is 11.6 Å². The third-order valence-corrected chi connectivity index (χ3v) is 5.42. The van der Waals surface area contributed by atoms with E-state index in [9.17, 15) is 22.0 Å². The number of rotatable bonds is 5. The van der Waals surface area contributed by atoms with Crippen LogP contribution in [0, 0.1) is 17.6 Å². The predicted octanol–water partition coefficient (Wildman–Crippen LogP) is 2.38. The molecule has 134 valence electrons. The van der Waals surface area contributed by atoms with Crippen molar-refractivity contribution in [2.24, 2.45) is 5.92 Å². The monoisotopic (exact) mass is 360 g/mol. The van der Waals surface area contributed by atoms with E-state index in [2.05, 4.69) is 6.92 Å². The molecular weight excluding hydrogens is 338 g/mol. The van der Waals surface area contributed by atoms with Crippen LogP contribution >= 0.6 is 0 Å². The number of para-hydroxylation sites is 1. The summed E-state index contributed by atoms with van der Waals surface area (Å²) in [6, 6.07) is 3.14. The maximum Gasteiger partial charge on any atom is 0.232 e. The highest BCUT2D eigenvalue weighted by Gasteiger charge is 2.27. The Hall–Kier alpha value is -1.70. The summed E-state index contributed by atoms with van der Waals surface area (Å²) in [7, 11) is -3.92. The van der Waals surface area contributed by atoms with Gasteiger partial charge in [-0.2, -0.15) is 0 Å². The lowest BCUT2D eigenvalue weighted by atomic mass is 9.99. The van der Waals surface area contributed by atoms with Crippen molar-refractivity contribution in [3.63, 3.8) is 0 Å². The summed E-state index contributed by atoms with van der Waals surface area (Å²) >= 11 is 0. The van der Waals surface area contributed by atoms with Gasteiger partial charge >= 0.3 is 0 Å². The zero-order chi connectivity index (χ0) is 17.9. The quantitative estimate of drug-likeness (QED) is 0.810. The average Bonchev–Trinajstić information content (AvgIpc) is 2.49. The summed E-state index contributed by atoms with van der Waals surface area (Å²) in [4.78, 5) is 13.9.